The van der Waals surface area contributed by atoms with E-state index < -0.39 is 0 Å². The van der Waals surface area contributed by atoms with E-state index in [2.05, 4.69) is 47.8 Å². The van der Waals surface area contributed by atoms with E-state index in [-0.39, 0.29) is 0 Å². The van der Waals surface area contributed by atoms with Crippen LogP contribution in [0.4, 0.5) is 0 Å². The molecule has 1 fully saturated rings. The fraction of sp³-hybridized carbons (Fsp3) is 0.500. The minimum absolute atomic E-state index is 0.686. The van der Waals surface area contributed by atoms with Gasteiger partial charge in [0.1, 0.15) is 0 Å². The number of hydrogen-bond donors (Lipinski definition) is 1. The Bertz CT molecular complexity index is 547. The van der Waals surface area contributed by atoms with Gasteiger partial charge in [0.25, 0.3) is 0 Å². The predicted octanol–water partition coefficient (Wildman–Crippen LogP) is 3.60. The predicted molar refractivity (Wildman–Crippen MR) is 86.0 cm³/mol. The number of hydrogen-bond acceptors (Lipinski definition) is 2. The van der Waals surface area contributed by atoms with Gasteiger partial charge >= 0.3 is 0 Å². The largest absolute Gasteiger partial charge is 0.310 e. The van der Waals surface area contributed by atoms with Gasteiger partial charge in [-0.15, -0.1) is 0 Å². The highest BCUT2D eigenvalue weighted by molar-refractivity contribution is 5.15. The fourth-order valence-corrected chi connectivity index (χ4v) is 3.24. The molecule has 1 aromatic heterocycles. The molecule has 0 bridgehead atoms. The van der Waals surface area contributed by atoms with E-state index in [4.69, 9.17) is 0 Å². The maximum absolute atomic E-state index is 4.47. The van der Waals surface area contributed by atoms with Crippen LogP contribution in [0.15, 0.2) is 42.7 Å². The summed E-state index contributed by atoms with van der Waals surface area (Å²) in [7, 11) is 0. The van der Waals surface area contributed by atoms with Crippen molar-refractivity contribution in [1.29, 1.82) is 0 Å². The van der Waals surface area contributed by atoms with E-state index in [1.807, 2.05) is 16.9 Å². The lowest BCUT2D eigenvalue weighted by Gasteiger charge is -2.27. The third-order valence-electron chi connectivity index (χ3n) is 4.41. The standard InChI is InChI=1S/C18H25N3/c1-15-6-5-9-18(10-15)19-11-17-12-20-21(14-17)13-16-7-3-2-4-8-16/h2-4,7-8,12,14-15,18-19H,5-6,9-11,13H2,1H3. The van der Waals surface area contributed by atoms with Crippen LogP contribution in [0.25, 0.3) is 0 Å². The average Bonchev–Trinajstić information content (AvgIpc) is 2.94. The molecular formula is C18H25N3. The minimum atomic E-state index is 0.686. The Hall–Kier alpha value is -1.61. The summed E-state index contributed by atoms with van der Waals surface area (Å²) in [5.41, 5.74) is 2.57. The molecule has 1 aliphatic carbocycles. The monoisotopic (exact) mass is 283 g/mol. The second-order valence-electron chi connectivity index (χ2n) is 6.38. The molecule has 0 radical (unpaired) electrons. The van der Waals surface area contributed by atoms with Crippen molar-refractivity contribution in [2.24, 2.45) is 5.92 Å². The van der Waals surface area contributed by atoms with Crippen molar-refractivity contribution in [3.63, 3.8) is 0 Å². The van der Waals surface area contributed by atoms with Crippen LogP contribution < -0.4 is 5.32 Å². The van der Waals surface area contributed by atoms with E-state index >= 15 is 0 Å². The SMILES string of the molecule is CC1CCCC(NCc2cnn(Cc3ccccc3)c2)C1. The van der Waals surface area contributed by atoms with Gasteiger partial charge in [0.05, 0.1) is 12.7 Å². The molecule has 1 aliphatic rings. The molecule has 112 valence electrons. The molecule has 3 nitrogen and oxygen atoms in total. The zero-order valence-corrected chi connectivity index (χ0v) is 12.8. The van der Waals surface area contributed by atoms with Gasteiger partial charge in [-0.25, -0.2) is 0 Å². The lowest BCUT2D eigenvalue weighted by atomic mass is 9.87. The molecule has 1 heterocycles. The van der Waals surface area contributed by atoms with Crippen molar-refractivity contribution < 1.29 is 0 Å². The van der Waals surface area contributed by atoms with E-state index in [9.17, 15) is 0 Å². The van der Waals surface area contributed by atoms with Crippen LogP contribution in [-0.2, 0) is 13.1 Å². The van der Waals surface area contributed by atoms with Gasteiger partial charge in [0.2, 0.25) is 0 Å². The second-order valence-corrected chi connectivity index (χ2v) is 6.38. The van der Waals surface area contributed by atoms with Crippen LogP contribution >= 0.6 is 0 Å². The summed E-state index contributed by atoms with van der Waals surface area (Å²) >= 11 is 0. The van der Waals surface area contributed by atoms with Gasteiger partial charge in [0, 0.05) is 24.3 Å². The Balaban J connectivity index is 1.51. The first kappa shape index (κ1) is 14.3. The smallest absolute Gasteiger partial charge is 0.0659 e. The summed E-state index contributed by atoms with van der Waals surface area (Å²) in [6.07, 6.45) is 9.55. The lowest BCUT2D eigenvalue weighted by Crippen LogP contribution is -2.32. The Kier molecular flexibility index (Phi) is 4.71. The summed E-state index contributed by atoms with van der Waals surface area (Å²) in [4.78, 5) is 0. The molecule has 2 aromatic rings. The zero-order chi connectivity index (χ0) is 14.5. The summed E-state index contributed by atoms with van der Waals surface area (Å²) in [5, 5.41) is 8.16. The molecule has 0 saturated heterocycles. The molecule has 3 heteroatoms. The zero-order valence-electron chi connectivity index (χ0n) is 12.8. The Morgan fingerprint density at radius 1 is 1.19 bits per heavy atom. The maximum Gasteiger partial charge on any atom is 0.0659 e. The van der Waals surface area contributed by atoms with Crippen LogP contribution in [0.2, 0.25) is 0 Å². The van der Waals surface area contributed by atoms with E-state index in [1.165, 1.54) is 36.8 Å². The lowest BCUT2D eigenvalue weighted by molar-refractivity contribution is 0.300. The molecule has 0 amide bonds. The molecule has 1 N–H and O–H groups in total. The number of rotatable bonds is 5. The van der Waals surface area contributed by atoms with Gasteiger partial charge < -0.3 is 5.32 Å². The highest BCUT2D eigenvalue weighted by atomic mass is 15.3. The van der Waals surface area contributed by atoms with Crippen molar-refractivity contribution in [3.05, 3.63) is 53.9 Å². The molecule has 0 aliphatic heterocycles. The number of nitrogens with one attached hydrogen (secondary N) is 1. The molecule has 2 unspecified atom stereocenters. The molecule has 1 aromatic carbocycles. The van der Waals surface area contributed by atoms with Gasteiger partial charge in [-0.05, 0) is 24.3 Å². The second kappa shape index (κ2) is 6.90. The van der Waals surface area contributed by atoms with Crippen molar-refractivity contribution in [3.8, 4) is 0 Å². The minimum Gasteiger partial charge on any atom is -0.310 e. The van der Waals surface area contributed by atoms with Gasteiger partial charge in [-0.3, -0.25) is 4.68 Å². The molecular weight excluding hydrogens is 258 g/mol. The van der Waals surface area contributed by atoms with Crippen molar-refractivity contribution >= 4 is 0 Å². The number of aromatic nitrogens is 2. The Morgan fingerprint density at radius 2 is 2.05 bits per heavy atom. The topological polar surface area (TPSA) is 29.9 Å². The summed E-state index contributed by atoms with van der Waals surface area (Å²) < 4.78 is 2.02. The van der Waals surface area contributed by atoms with Crippen LogP contribution in [-0.4, -0.2) is 15.8 Å². The van der Waals surface area contributed by atoms with E-state index in [1.54, 1.807) is 0 Å². The van der Waals surface area contributed by atoms with Crippen LogP contribution in [0.5, 0.6) is 0 Å². The van der Waals surface area contributed by atoms with Gasteiger partial charge in [-0.1, -0.05) is 50.1 Å². The maximum atomic E-state index is 4.47. The first-order valence-electron chi connectivity index (χ1n) is 8.08. The molecule has 3 rings (SSSR count). The quantitative estimate of drug-likeness (QED) is 0.908. The van der Waals surface area contributed by atoms with E-state index in [0.29, 0.717) is 6.04 Å². The molecule has 2 atom stereocenters. The van der Waals surface area contributed by atoms with E-state index in [0.717, 1.165) is 19.0 Å². The highest BCUT2D eigenvalue weighted by Crippen LogP contribution is 2.23. The third kappa shape index (κ3) is 4.18. The first-order valence-corrected chi connectivity index (χ1v) is 8.08. The summed E-state index contributed by atoms with van der Waals surface area (Å²) in [6, 6.07) is 11.2. The Labute approximate surface area is 127 Å². The van der Waals surface area contributed by atoms with Crippen LogP contribution in [0.3, 0.4) is 0 Å². The average molecular weight is 283 g/mol. The van der Waals surface area contributed by atoms with Gasteiger partial charge in [-0.2, -0.15) is 5.10 Å². The number of nitrogens with zero attached hydrogens (tertiary/aromatic N) is 2. The van der Waals surface area contributed by atoms with Crippen LogP contribution in [0.1, 0.15) is 43.7 Å². The van der Waals surface area contributed by atoms with Crippen LogP contribution in [0, 0.1) is 5.92 Å². The first-order chi connectivity index (χ1) is 10.3. The van der Waals surface area contributed by atoms with Crippen molar-refractivity contribution in [2.45, 2.75) is 51.7 Å². The molecule has 21 heavy (non-hydrogen) atoms. The normalized spacial score (nSPS) is 22.3. The van der Waals surface area contributed by atoms with Gasteiger partial charge in [0.15, 0.2) is 0 Å². The molecule has 1 saturated carbocycles. The summed E-state index contributed by atoms with van der Waals surface area (Å²) in [5.74, 6) is 0.872. The summed E-state index contributed by atoms with van der Waals surface area (Å²) in [6.45, 7) is 4.15. The fourth-order valence-electron chi connectivity index (χ4n) is 3.24. The highest BCUT2D eigenvalue weighted by Gasteiger charge is 2.18. The van der Waals surface area contributed by atoms with Crippen molar-refractivity contribution in [2.75, 3.05) is 0 Å². The molecule has 0 spiro atoms. The number of benzene rings is 1. The Morgan fingerprint density at radius 3 is 2.86 bits per heavy atom. The third-order valence-corrected chi connectivity index (χ3v) is 4.41. The van der Waals surface area contributed by atoms with Crippen molar-refractivity contribution in [1.82, 2.24) is 15.1 Å².